The Balaban J connectivity index is 4.52. The van der Waals surface area contributed by atoms with Gasteiger partial charge in [0.15, 0.2) is 6.10 Å². The first-order chi connectivity index (χ1) is 27.0. The lowest BCUT2D eigenvalue weighted by molar-refractivity contribution is -0.870. The Morgan fingerprint density at radius 1 is 0.554 bits per heavy atom. The van der Waals surface area contributed by atoms with Crippen molar-refractivity contribution in [3.8, 4) is 0 Å². The second kappa shape index (κ2) is 38.0. The predicted molar refractivity (Wildman–Crippen MR) is 233 cm³/mol. The summed E-state index contributed by atoms with van der Waals surface area (Å²) >= 11 is 0. The Hall–Kier alpha value is -2.55. The van der Waals surface area contributed by atoms with Gasteiger partial charge in [0, 0.05) is 12.8 Å². The molecule has 0 aromatic carbocycles. The summed E-state index contributed by atoms with van der Waals surface area (Å²) in [5.74, 6) is -0.887. The van der Waals surface area contributed by atoms with E-state index in [2.05, 4.69) is 80.7 Å². The summed E-state index contributed by atoms with van der Waals surface area (Å²) in [5.41, 5.74) is 0. The number of carbonyl (C=O) groups is 2. The van der Waals surface area contributed by atoms with Gasteiger partial charge in [0.2, 0.25) is 0 Å². The number of carbonyl (C=O) groups excluding carboxylic acids is 2. The smallest absolute Gasteiger partial charge is 0.462 e. The number of hydrogen-bond acceptors (Lipinski definition) is 7. The van der Waals surface area contributed by atoms with Gasteiger partial charge >= 0.3 is 19.8 Å². The van der Waals surface area contributed by atoms with Crippen LogP contribution in [0.15, 0.2) is 72.9 Å². The van der Waals surface area contributed by atoms with Crippen molar-refractivity contribution >= 4 is 19.8 Å². The van der Waals surface area contributed by atoms with Crippen LogP contribution in [0, 0.1) is 0 Å². The van der Waals surface area contributed by atoms with Gasteiger partial charge in [-0.1, -0.05) is 132 Å². The summed E-state index contributed by atoms with van der Waals surface area (Å²) in [6.45, 7) is 4.26. The highest BCUT2D eigenvalue weighted by Crippen LogP contribution is 2.43. The fourth-order valence-corrected chi connectivity index (χ4v) is 6.01. The first kappa shape index (κ1) is 53.5. The number of phosphoric acid groups is 1. The van der Waals surface area contributed by atoms with Crippen molar-refractivity contribution in [2.45, 2.75) is 161 Å². The van der Waals surface area contributed by atoms with Gasteiger partial charge in [-0.15, -0.1) is 0 Å². The minimum atomic E-state index is -4.40. The Bertz CT molecular complexity index is 1180. The zero-order valence-electron chi connectivity index (χ0n) is 36.1. The summed E-state index contributed by atoms with van der Waals surface area (Å²) in [5, 5.41) is 0. The average Bonchev–Trinajstić information content (AvgIpc) is 3.15. The van der Waals surface area contributed by atoms with Gasteiger partial charge in [0.1, 0.15) is 19.8 Å². The molecule has 10 heteroatoms. The Labute approximate surface area is 342 Å². The molecule has 0 aliphatic rings. The van der Waals surface area contributed by atoms with Gasteiger partial charge in [-0.05, 0) is 83.5 Å². The van der Waals surface area contributed by atoms with Gasteiger partial charge in [-0.25, -0.2) is 4.57 Å². The first-order valence-electron chi connectivity index (χ1n) is 21.7. The van der Waals surface area contributed by atoms with Crippen LogP contribution in [0.4, 0.5) is 0 Å². The molecule has 0 saturated carbocycles. The number of phosphoric ester groups is 1. The molecule has 0 aliphatic heterocycles. The molecule has 0 amide bonds. The second-order valence-electron chi connectivity index (χ2n) is 15.4. The minimum absolute atomic E-state index is 0.0156. The summed E-state index contributed by atoms with van der Waals surface area (Å²) < 4.78 is 34.2. The highest BCUT2D eigenvalue weighted by molar-refractivity contribution is 7.47. The van der Waals surface area contributed by atoms with Gasteiger partial charge in [-0.3, -0.25) is 18.6 Å². The van der Waals surface area contributed by atoms with E-state index in [9.17, 15) is 19.0 Å². The fraction of sp³-hybridized carbons (Fsp3) is 0.696. The van der Waals surface area contributed by atoms with Crippen LogP contribution in [0.2, 0.25) is 0 Å². The second-order valence-corrected chi connectivity index (χ2v) is 16.8. The maximum Gasteiger partial charge on any atom is 0.472 e. The van der Waals surface area contributed by atoms with Crippen LogP contribution in [0.5, 0.6) is 0 Å². The number of nitrogens with zero attached hydrogens (tertiary/aromatic N) is 1. The van der Waals surface area contributed by atoms with Gasteiger partial charge in [0.25, 0.3) is 0 Å². The molecule has 0 bridgehead atoms. The van der Waals surface area contributed by atoms with Gasteiger partial charge < -0.3 is 18.9 Å². The van der Waals surface area contributed by atoms with E-state index in [1.165, 1.54) is 51.4 Å². The maximum atomic E-state index is 12.7. The van der Waals surface area contributed by atoms with Gasteiger partial charge in [0.05, 0.1) is 27.7 Å². The predicted octanol–water partition coefficient (Wildman–Crippen LogP) is 12.2. The van der Waals surface area contributed by atoms with Crippen molar-refractivity contribution < 1.29 is 42.1 Å². The van der Waals surface area contributed by atoms with E-state index in [0.29, 0.717) is 30.3 Å². The molecule has 0 radical (unpaired) electrons. The van der Waals surface area contributed by atoms with Crippen LogP contribution in [-0.4, -0.2) is 74.9 Å². The topological polar surface area (TPSA) is 108 Å². The summed E-state index contributed by atoms with van der Waals surface area (Å²) in [6.07, 6.45) is 46.7. The van der Waals surface area contributed by atoms with E-state index in [1.807, 2.05) is 27.2 Å². The number of rotatable bonds is 38. The number of unbranched alkanes of at least 4 members (excludes halogenated alkanes) is 12. The third kappa shape index (κ3) is 41.1. The molecule has 0 aromatic rings. The first-order valence-corrected chi connectivity index (χ1v) is 23.2. The number of hydrogen-bond donors (Lipinski definition) is 1. The van der Waals surface area contributed by atoms with Crippen LogP contribution >= 0.6 is 7.82 Å². The summed E-state index contributed by atoms with van der Waals surface area (Å²) in [6, 6.07) is 0. The Kier molecular flexibility index (Phi) is 36.3. The molecule has 1 N–H and O–H groups in total. The van der Waals surface area contributed by atoms with Crippen LogP contribution in [-0.2, 0) is 32.7 Å². The Morgan fingerprint density at radius 2 is 0.982 bits per heavy atom. The zero-order chi connectivity index (χ0) is 41.4. The zero-order valence-corrected chi connectivity index (χ0v) is 37.0. The monoisotopic (exact) mass is 807 g/mol. The lowest BCUT2D eigenvalue weighted by Gasteiger charge is -2.24. The van der Waals surface area contributed by atoms with Crippen molar-refractivity contribution in [2.75, 3.05) is 47.5 Å². The molecule has 0 rings (SSSR count). The quantitative estimate of drug-likeness (QED) is 0.0216. The maximum absolute atomic E-state index is 12.7. The van der Waals surface area contributed by atoms with Gasteiger partial charge in [-0.2, -0.15) is 0 Å². The van der Waals surface area contributed by atoms with E-state index in [4.69, 9.17) is 18.5 Å². The van der Waals surface area contributed by atoms with Crippen LogP contribution in [0.3, 0.4) is 0 Å². The molecule has 0 heterocycles. The molecule has 0 aliphatic carbocycles. The largest absolute Gasteiger partial charge is 0.472 e. The van der Waals surface area contributed by atoms with Crippen molar-refractivity contribution in [2.24, 2.45) is 0 Å². The highest BCUT2D eigenvalue weighted by atomic mass is 31.2. The van der Waals surface area contributed by atoms with Crippen LogP contribution in [0.1, 0.15) is 155 Å². The molecule has 0 aromatic heterocycles. The molecular formula is C46H81NO8P+. The van der Waals surface area contributed by atoms with Crippen molar-refractivity contribution in [1.82, 2.24) is 0 Å². The lowest BCUT2D eigenvalue weighted by atomic mass is 10.1. The average molecular weight is 807 g/mol. The van der Waals surface area contributed by atoms with Crippen LogP contribution < -0.4 is 0 Å². The molecular weight excluding hydrogens is 725 g/mol. The normalized spacial score (nSPS) is 14.3. The molecule has 9 nitrogen and oxygen atoms in total. The summed E-state index contributed by atoms with van der Waals surface area (Å²) in [7, 11) is 1.42. The lowest BCUT2D eigenvalue weighted by Crippen LogP contribution is -2.37. The number of ether oxygens (including phenoxy) is 2. The van der Waals surface area contributed by atoms with Crippen molar-refractivity contribution in [3.05, 3.63) is 72.9 Å². The number of quaternary nitrogens is 1. The molecule has 56 heavy (non-hydrogen) atoms. The number of esters is 2. The molecule has 1 unspecified atom stereocenters. The standard InChI is InChI=1S/C46H80NO8P/c1-6-8-10-12-14-16-18-20-22-23-25-27-29-31-33-35-37-39-46(49)55-44(43-54-56(50,51)53-41-40-47(3,4)5)42-52-45(48)38-36-34-32-30-28-26-24-21-19-17-15-13-11-9-7-2/h14-17,20-22,24-25,27,31,33,44H,6-13,18-19,23,26,28-30,32,34-43H2,1-5H3/p+1/b16-14-,17-15-,22-20-,24-21-,27-25-,33-31-/t44-/m1/s1. The number of likely N-dealkylation sites (N-methyl/N-ethyl adjacent to an activating group) is 1. The van der Waals surface area contributed by atoms with Crippen LogP contribution in [0.25, 0.3) is 0 Å². The van der Waals surface area contributed by atoms with E-state index < -0.39 is 32.5 Å². The third-order valence-corrected chi connectivity index (χ3v) is 9.69. The fourth-order valence-electron chi connectivity index (χ4n) is 5.27. The third-order valence-electron chi connectivity index (χ3n) is 8.71. The molecule has 2 atom stereocenters. The molecule has 0 saturated heterocycles. The van der Waals surface area contributed by atoms with Crippen molar-refractivity contribution in [1.29, 1.82) is 0 Å². The minimum Gasteiger partial charge on any atom is -0.462 e. The number of allylic oxidation sites excluding steroid dienone is 12. The van der Waals surface area contributed by atoms with Crippen molar-refractivity contribution in [3.63, 3.8) is 0 Å². The van der Waals surface area contributed by atoms with E-state index in [-0.39, 0.29) is 26.1 Å². The SMILES string of the molecule is CCCCC/C=C\C/C=C\C/C=C\C/C=C\CCCC(=O)O[C@H](COC(=O)CCCCCCC/C=C\C/C=C\CCCCC)COP(=O)(O)OCC[N+](C)(C)C. The van der Waals surface area contributed by atoms with E-state index in [1.54, 1.807) is 0 Å². The molecule has 322 valence electrons. The summed E-state index contributed by atoms with van der Waals surface area (Å²) in [4.78, 5) is 35.3. The molecule has 0 spiro atoms. The highest BCUT2D eigenvalue weighted by Gasteiger charge is 2.27. The molecule has 0 fully saturated rings. The van der Waals surface area contributed by atoms with E-state index >= 15 is 0 Å². The Morgan fingerprint density at radius 3 is 1.48 bits per heavy atom. The van der Waals surface area contributed by atoms with E-state index in [0.717, 1.165) is 57.8 Å².